The van der Waals surface area contributed by atoms with Crippen LogP contribution in [-0.4, -0.2) is 37.6 Å². The van der Waals surface area contributed by atoms with E-state index in [9.17, 15) is 4.79 Å². The van der Waals surface area contributed by atoms with Gasteiger partial charge >= 0.3 is 0 Å². The Labute approximate surface area is 115 Å². The number of nitrogens with zero attached hydrogens (tertiary/aromatic N) is 1. The van der Waals surface area contributed by atoms with Crippen LogP contribution in [0.5, 0.6) is 5.75 Å². The van der Waals surface area contributed by atoms with Crippen LogP contribution in [0.4, 0.5) is 0 Å². The molecule has 0 aliphatic rings. The van der Waals surface area contributed by atoms with Crippen molar-refractivity contribution in [1.82, 2.24) is 10.2 Å². The standard InChI is InChI=1S/C15H24N2O2/c1-4-16-11-10-15(18)17(3)12-13-6-8-14(9-7-13)19-5-2/h6-9,16H,4-5,10-12H2,1-3H3. The summed E-state index contributed by atoms with van der Waals surface area (Å²) < 4.78 is 5.39. The number of nitrogens with one attached hydrogen (secondary N) is 1. The molecule has 0 fully saturated rings. The first-order chi connectivity index (χ1) is 9.17. The van der Waals surface area contributed by atoms with Crippen molar-refractivity contribution in [3.8, 4) is 5.75 Å². The molecule has 4 heteroatoms. The molecular formula is C15H24N2O2. The third kappa shape index (κ3) is 5.75. The zero-order valence-electron chi connectivity index (χ0n) is 12.1. The van der Waals surface area contributed by atoms with Gasteiger partial charge < -0.3 is 15.0 Å². The topological polar surface area (TPSA) is 41.6 Å². The van der Waals surface area contributed by atoms with E-state index >= 15 is 0 Å². The Morgan fingerprint density at radius 1 is 1.26 bits per heavy atom. The summed E-state index contributed by atoms with van der Waals surface area (Å²) in [5.41, 5.74) is 1.11. The minimum Gasteiger partial charge on any atom is -0.494 e. The molecule has 0 radical (unpaired) electrons. The molecule has 0 bridgehead atoms. The molecule has 0 atom stereocenters. The molecule has 0 heterocycles. The third-order valence-electron chi connectivity index (χ3n) is 2.85. The lowest BCUT2D eigenvalue weighted by Gasteiger charge is -2.17. The number of carbonyl (C=O) groups is 1. The van der Waals surface area contributed by atoms with Gasteiger partial charge in [-0.1, -0.05) is 19.1 Å². The van der Waals surface area contributed by atoms with Crippen molar-refractivity contribution < 1.29 is 9.53 Å². The van der Waals surface area contributed by atoms with Crippen LogP contribution in [0.1, 0.15) is 25.8 Å². The van der Waals surface area contributed by atoms with Gasteiger partial charge in [0.05, 0.1) is 6.61 Å². The molecule has 0 aliphatic carbocycles. The van der Waals surface area contributed by atoms with Crippen molar-refractivity contribution in [1.29, 1.82) is 0 Å². The van der Waals surface area contributed by atoms with E-state index in [1.165, 1.54) is 0 Å². The number of hydrogen-bond donors (Lipinski definition) is 1. The Morgan fingerprint density at radius 3 is 2.53 bits per heavy atom. The molecule has 1 amide bonds. The molecule has 1 aromatic carbocycles. The highest BCUT2D eigenvalue weighted by Gasteiger charge is 2.08. The van der Waals surface area contributed by atoms with Crippen LogP contribution in [0, 0.1) is 0 Å². The van der Waals surface area contributed by atoms with Gasteiger partial charge in [0.25, 0.3) is 0 Å². The molecule has 1 aromatic rings. The fourth-order valence-electron chi connectivity index (χ4n) is 1.78. The van der Waals surface area contributed by atoms with E-state index in [1.807, 2.05) is 45.2 Å². The molecule has 0 unspecified atom stereocenters. The van der Waals surface area contributed by atoms with Crippen molar-refractivity contribution >= 4 is 5.91 Å². The van der Waals surface area contributed by atoms with Crippen molar-refractivity contribution in [3.63, 3.8) is 0 Å². The molecule has 0 aliphatic heterocycles. The lowest BCUT2D eigenvalue weighted by atomic mass is 10.2. The number of hydrogen-bond acceptors (Lipinski definition) is 3. The second-order valence-electron chi connectivity index (χ2n) is 4.43. The van der Waals surface area contributed by atoms with E-state index in [1.54, 1.807) is 4.90 Å². The minimum absolute atomic E-state index is 0.162. The summed E-state index contributed by atoms with van der Waals surface area (Å²) in [6.45, 7) is 6.94. The van der Waals surface area contributed by atoms with Crippen LogP contribution in [0.2, 0.25) is 0 Å². The average Bonchev–Trinajstić information content (AvgIpc) is 2.41. The highest BCUT2D eigenvalue weighted by Crippen LogP contribution is 2.13. The van der Waals surface area contributed by atoms with Gasteiger partial charge in [0.15, 0.2) is 0 Å². The molecule has 1 rings (SSSR count). The predicted octanol–water partition coefficient (Wildman–Crippen LogP) is 2.04. The van der Waals surface area contributed by atoms with Crippen LogP contribution in [0.3, 0.4) is 0 Å². The van der Waals surface area contributed by atoms with E-state index in [-0.39, 0.29) is 5.91 Å². The van der Waals surface area contributed by atoms with Crippen LogP contribution in [0.25, 0.3) is 0 Å². The summed E-state index contributed by atoms with van der Waals surface area (Å²) >= 11 is 0. The molecule has 0 aromatic heterocycles. The van der Waals surface area contributed by atoms with Crippen molar-refractivity contribution in [3.05, 3.63) is 29.8 Å². The molecule has 0 saturated carbocycles. The van der Waals surface area contributed by atoms with E-state index in [0.717, 1.165) is 24.4 Å². The van der Waals surface area contributed by atoms with Gasteiger partial charge in [-0.15, -0.1) is 0 Å². The first-order valence-electron chi connectivity index (χ1n) is 6.83. The Hall–Kier alpha value is -1.55. The van der Waals surface area contributed by atoms with Gasteiger partial charge in [0, 0.05) is 26.6 Å². The van der Waals surface area contributed by atoms with Crippen molar-refractivity contribution in [2.45, 2.75) is 26.8 Å². The van der Waals surface area contributed by atoms with E-state index in [2.05, 4.69) is 5.32 Å². The van der Waals surface area contributed by atoms with E-state index in [0.29, 0.717) is 19.6 Å². The second kappa shape index (κ2) is 8.53. The molecule has 0 saturated heterocycles. The summed E-state index contributed by atoms with van der Waals surface area (Å²) in [7, 11) is 1.84. The largest absolute Gasteiger partial charge is 0.494 e. The number of benzene rings is 1. The Kier molecular flexibility index (Phi) is 6.97. The highest BCUT2D eigenvalue weighted by molar-refractivity contribution is 5.76. The van der Waals surface area contributed by atoms with Crippen molar-refractivity contribution in [2.75, 3.05) is 26.7 Å². The number of carbonyl (C=O) groups excluding carboxylic acids is 1. The minimum atomic E-state index is 0.162. The van der Waals surface area contributed by atoms with Gasteiger partial charge in [-0.05, 0) is 31.2 Å². The van der Waals surface area contributed by atoms with Crippen LogP contribution < -0.4 is 10.1 Å². The Bertz CT molecular complexity index is 376. The fraction of sp³-hybridized carbons (Fsp3) is 0.533. The quantitative estimate of drug-likeness (QED) is 0.731. The molecule has 0 spiro atoms. The lowest BCUT2D eigenvalue weighted by Crippen LogP contribution is -2.29. The number of ether oxygens (including phenoxy) is 1. The molecule has 4 nitrogen and oxygen atoms in total. The average molecular weight is 264 g/mol. The summed E-state index contributed by atoms with van der Waals surface area (Å²) in [5, 5.41) is 3.16. The first-order valence-corrected chi connectivity index (χ1v) is 6.83. The monoisotopic (exact) mass is 264 g/mol. The summed E-state index contributed by atoms with van der Waals surface area (Å²) in [5.74, 6) is 1.03. The Morgan fingerprint density at radius 2 is 1.95 bits per heavy atom. The molecular weight excluding hydrogens is 240 g/mol. The summed E-state index contributed by atoms with van der Waals surface area (Å²) in [6.07, 6.45) is 0.543. The Balaban J connectivity index is 2.42. The second-order valence-corrected chi connectivity index (χ2v) is 4.43. The number of amides is 1. The van der Waals surface area contributed by atoms with Crippen LogP contribution in [-0.2, 0) is 11.3 Å². The normalized spacial score (nSPS) is 10.3. The van der Waals surface area contributed by atoms with Crippen molar-refractivity contribution in [2.24, 2.45) is 0 Å². The zero-order valence-corrected chi connectivity index (χ0v) is 12.1. The first kappa shape index (κ1) is 15.5. The van der Waals surface area contributed by atoms with E-state index in [4.69, 9.17) is 4.74 Å². The van der Waals surface area contributed by atoms with Crippen LogP contribution >= 0.6 is 0 Å². The summed E-state index contributed by atoms with van der Waals surface area (Å²) in [6, 6.07) is 7.88. The fourth-order valence-corrected chi connectivity index (χ4v) is 1.78. The van der Waals surface area contributed by atoms with Gasteiger partial charge in [0.2, 0.25) is 5.91 Å². The SMILES string of the molecule is CCNCCC(=O)N(C)Cc1ccc(OCC)cc1. The van der Waals surface area contributed by atoms with Gasteiger partial charge in [0.1, 0.15) is 5.75 Å². The maximum atomic E-state index is 11.9. The summed E-state index contributed by atoms with van der Waals surface area (Å²) in [4.78, 5) is 13.6. The molecule has 1 N–H and O–H groups in total. The van der Waals surface area contributed by atoms with Gasteiger partial charge in [-0.2, -0.15) is 0 Å². The molecule has 19 heavy (non-hydrogen) atoms. The highest BCUT2D eigenvalue weighted by atomic mass is 16.5. The third-order valence-corrected chi connectivity index (χ3v) is 2.85. The lowest BCUT2D eigenvalue weighted by molar-refractivity contribution is -0.130. The number of rotatable bonds is 8. The van der Waals surface area contributed by atoms with Gasteiger partial charge in [-0.25, -0.2) is 0 Å². The smallest absolute Gasteiger partial charge is 0.223 e. The van der Waals surface area contributed by atoms with Crippen LogP contribution in [0.15, 0.2) is 24.3 Å². The zero-order chi connectivity index (χ0) is 14.1. The predicted molar refractivity (Wildman–Crippen MR) is 77.2 cm³/mol. The maximum absolute atomic E-state index is 11.9. The molecule has 106 valence electrons. The maximum Gasteiger partial charge on any atom is 0.223 e. The van der Waals surface area contributed by atoms with E-state index < -0.39 is 0 Å². The van der Waals surface area contributed by atoms with Gasteiger partial charge in [-0.3, -0.25) is 4.79 Å².